The average molecular weight is 629 g/mol. The van der Waals surface area contributed by atoms with Gasteiger partial charge in [-0.15, -0.1) is 0 Å². The number of anilines is 3. The quantitative estimate of drug-likeness (QED) is 0.267. The van der Waals surface area contributed by atoms with Crippen LogP contribution < -0.4 is 16.8 Å². The topological polar surface area (TPSA) is 167 Å². The Balaban J connectivity index is 0.000000169. The summed E-state index contributed by atoms with van der Waals surface area (Å²) in [5.74, 6) is 0.650. The van der Waals surface area contributed by atoms with Gasteiger partial charge >= 0.3 is 0 Å². The van der Waals surface area contributed by atoms with Gasteiger partial charge in [-0.2, -0.15) is 0 Å². The Morgan fingerprint density at radius 3 is 1.74 bits per heavy atom. The van der Waals surface area contributed by atoms with Crippen molar-refractivity contribution in [1.29, 1.82) is 0 Å². The predicted molar refractivity (Wildman–Crippen MR) is 163 cm³/mol. The molecule has 2 aliphatic carbocycles. The van der Waals surface area contributed by atoms with Gasteiger partial charge in [0.25, 0.3) is 0 Å². The Labute approximate surface area is 251 Å². The molecular formula is C31H30BrN7O3. The van der Waals surface area contributed by atoms with Gasteiger partial charge in [-0.25, -0.2) is 19.9 Å². The zero-order chi connectivity index (χ0) is 30.0. The van der Waals surface area contributed by atoms with Gasteiger partial charge in [-0.05, 0) is 61.8 Å². The van der Waals surface area contributed by atoms with Crippen LogP contribution in [0.1, 0.15) is 79.3 Å². The molecule has 11 heteroatoms. The van der Waals surface area contributed by atoms with E-state index in [4.69, 9.17) is 11.5 Å². The monoisotopic (exact) mass is 627 g/mol. The first-order valence-electron chi connectivity index (χ1n) is 13.5. The largest absolute Gasteiger partial charge is 0.368 e. The van der Waals surface area contributed by atoms with Crippen LogP contribution in [-0.2, 0) is 17.6 Å². The van der Waals surface area contributed by atoms with E-state index in [1.165, 1.54) is 0 Å². The number of Topliss-reactive ketones (excluding diaryl/α,β-unsaturated/α-hetero) is 2. The zero-order valence-electron chi connectivity index (χ0n) is 23.2. The molecule has 0 saturated carbocycles. The molecule has 2 aromatic carbocycles. The number of carbonyl (C=O) groups excluding carboxylic acids is 3. The molecule has 0 spiro atoms. The van der Waals surface area contributed by atoms with E-state index < -0.39 is 0 Å². The van der Waals surface area contributed by atoms with Gasteiger partial charge in [0.05, 0.1) is 33.9 Å². The highest BCUT2D eigenvalue weighted by Crippen LogP contribution is 2.37. The molecule has 1 amide bonds. The third-order valence-electron chi connectivity index (χ3n) is 7.63. The van der Waals surface area contributed by atoms with Crippen LogP contribution in [0, 0.1) is 13.8 Å². The van der Waals surface area contributed by atoms with Gasteiger partial charge in [0, 0.05) is 23.0 Å². The molecule has 5 N–H and O–H groups in total. The second-order valence-electron chi connectivity index (χ2n) is 10.4. The average Bonchev–Trinajstić information content (AvgIpc) is 2.93. The van der Waals surface area contributed by atoms with Gasteiger partial charge in [-0.3, -0.25) is 14.4 Å². The molecule has 6 rings (SSSR count). The van der Waals surface area contributed by atoms with Crippen LogP contribution >= 0.6 is 15.9 Å². The maximum Gasteiger partial charge on any atom is 0.220 e. The van der Waals surface area contributed by atoms with Crippen LogP contribution in [0.25, 0.3) is 0 Å². The van der Waals surface area contributed by atoms with Crippen LogP contribution in [0.2, 0.25) is 0 Å². The Bertz CT molecular complexity index is 1710. The molecule has 4 aromatic rings. The number of ketones is 2. The number of nitrogens with one attached hydrogen (secondary N) is 1. The highest BCUT2D eigenvalue weighted by atomic mass is 79.9. The molecule has 214 valence electrons. The smallest absolute Gasteiger partial charge is 0.220 e. The number of aromatic nitrogens is 4. The number of carbonyl (C=O) groups is 3. The number of nitrogens with zero attached hydrogens (tertiary/aromatic N) is 4. The fourth-order valence-electron chi connectivity index (χ4n) is 5.89. The zero-order valence-corrected chi connectivity index (χ0v) is 24.8. The molecule has 2 unspecified atom stereocenters. The van der Waals surface area contributed by atoms with Crippen molar-refractivity contribution in [3.05, 3.63) is 98.0 Å². The van der Waals surface area contributed by atoms with Crippen LogP contribution in [0.4, 0.5) is 17.6 Å². The van der Waals surface area contributed by atoms with E-state index >= 15 is 0 Å². The van der Waals surface area contributed by atoms with E-state index in [9.17, 15) is 14.4 Å². The highest BCUT2D eigenvalue weighted by molar-refractivity contribution is 9.10. The minimum atomic E-state index is -0.0302. The van der Waals surface area contributed by atoms with E-state index in [2.05, 4.69) is 41.2 Å². The minimum Gasteiger partial charge on any atom is -0.368 e. The summed E-state index contributed by atoms with van der Waals surface area (Å²) in [6.45, 7) is 3.59. The number of halogens is 1. The van der Waals surface area contributed by atoms with Crippen molar-refractivity contribution < 1.29 is 14.4 Å². The van der Waals surface area contributed by atoms with Crippen molar-refractivity contribution in [3.8, 4) is 0 Å². The van der Waals surface area contributed by atoms with Crippen LogP contribution in [0.3, 0.4) is 0 Å². The molecular weight excluding hydrogens is 598 g/mol. The number of fused-ring (bicyclic) bond motifs is 2. The summed E-state index contributed by atoms with van der Waals surface area (Å²) in [5, 5.41) is 2.69. The van der Waals surface area contributed by atoms with Crippen molar-refractivity contribution in [3.63, 3.8) is 0 Å². The summed E-state index contributed by atoms with van der Waals surface area (Å²) in [6.07, 6.45) is 2.83. The normalized spacial score (nSPS) is 17.4. The van der Waals surface area contributed by atoms with Gasteiger partial charge in [0.2, 0.25) is 18.3 Å². The van der Waals surface area contributed by atoms with E-state index in [-0.39, 0.29) is 35.3 Å². The standard InChI is InChI=1S/C16H16N4O2.C15H14BrN3O/c1-9-15-13(20-16(17)19-9)6-10(7-14(15)22)11-4-2-3-5-12(11)18-8-21;1-8-14-12(19-15(17)18-8)6-9(7-13(14)20)10-4-2-3-5-11(10)16/h2-5,8,10H,6-7H2,1H3,(H,18,21)(H2,17,19,20);2-5,9H,6-7H2,1H3,(H2,17,18,19). The molecule has 0 bridgehead atoms. The number of para-hydroxylation sites is 1. The molecule has 0 radical (unpaired) electrons. The third-order valence-corrected chi connectivity index (χ3v) is 8.35. The van der Waals surface area contributed by atoms with E-state index in [1.54, 1.807) is 6.92 Å². The molecule has 42 heavy (non-hydrogen) atoms. The van der Waals surface area contributed by atoms with Crippen LogP contribution in [0.5, 0.6) is 0 Å². The number of aryl methyl sites for hydroxylation is 2. The summed E-state index contributed by atoms with van der Waals surface area (Å²) in [4.78, 5) is 52.2. The SMILES string of the molecule is Cc1nc(N)nc2c1C(=O)CC(c1ccccc1Br)C2.Cc1nc(N)nc2c1C(=O)CC(c1ccccc1NC=O)C2. The Kier molecular flexibility index (Phi) is 8.39. The molecule has 2 aliphatic rings. The Hall–Kier alpha value is -4.51. The second-order valence-corrected chi connectivity index (χ2v) is 11.3. The Morgan fingerprint density at radius 1 is 0.738 bits per heavy atom. The lowest BCUT2D eigenvalue weighted by Crippen LogP contribution is -2.23. The number of nitrogens with two attached hydrogens (primary N) is 2. The van der Waals surface area contributed by atoms with Crippen molar-refractivity contribution in [1.82, 2.24) is 19.9 Å². The van der Waals surface area contributed by atoms with Crippen LogP contribution in [0.15, 0.2) is 53.0 Å². The van der Waals surface area contributed by atoms with E-state index in [1.807, 2.05) is 55.5 Å². The minimum absolute atomic E-state index is 0.0182. The predicted octanol–water partition coefficient (Wildman–Crippen LogP) is 4.89. The first kappa shape index (κ1) is 29.0. The molecule has 2 atom stereocenters. The van der Waals surface area contributed by atoms with Crippen LogP contribution in [-0.4, -0.2) is 37.9 Å². The van der Waals surface area contributed by atoms with Crippen molar-refractivity contribution in [2.75, 3.05) is 16.8 Å². The summed E-state index contributed by atoms with van der Waals surface area (Å²) in [6, 6.07) is 15.5. The van der Waals surface area contributed by atoms with E-state index in [0.717, 1.165) is 33.4 Å². The fourth-order valence-corrected chi connectivity index (χ4v) is 6.50. The van der Waals surface area contributed by atoms with Gasteiger partial charge < -0.3 is 16.8 Å². The number of hydrogen-bond acceptors (Lipinski definition) is 9. The highest BCUT2D eigenvalue weighted by Gasteiger charge is 2.31. The number of hydrogen-bond donors (Lipinski definition) is 3. The molecule has 0 saturated heterocycles. The first-order chi connectivity index (χ1) is 20.2. The molecule has 2 aromatic heterocycles. The lowest BCUT2D eigenvalue weighted by Gasteiger charge is -2.25. The number of rotatable bonds is 4. The number of amides is 1. The third kappa shape index (κ3) is 5.91. The molecule has 2 heterocycles. The first-order valence-corrected chi connectivity index (χ1v) is 14.3. The van der Waals surface area contributed by atoms with Gasteiger partial charge in [0.15, 0.2) is 11.6 Å². The molecule has 10 nitrogen and oxygen atoms in total. The second kappa shape index (κ2) is 12.2. The van der Waals surface area contributed by atoms with Crippen molar-refractivity contribution >= 4 is 51.5 Å². The number of benzene rings is 2. The lowest BCUT2D eigenvalue weighted by atomic mass is 9.80. The fraction of sp³-hybridized carbons (Fsp3) is 0.258. The van der Waals surface area contributed by atoms with Crippen molar-refractivity contribution in [2.45, 2.75) is 51.4 Å². The molecule has 0 fully saturated rings. The Morgan fingerprint density at radius 2 is 1.21 bits per heavy atom. The summed E-state index contributed by atoms with van der Waals surface area (Å²) < 4.78 is 1.03. The maximum absolute atomic E-state index is 12.5. The van der Waals surface area contributed by atoms with Gasteiger partial charge in [-0.1, -0.05) is 52.3 Å². The number of nitrogen functional groups attached to an aromatic ring is 2. The molecule has 0 aliphatic heterocycles. The van der Waals surface area contributed by atoms with E-state index in [0.29, 0.717) is 53.9 Å². The summed E-state index contributed by atoms with van der Waals surface area (Å²) in [5.41, 5.74) is 18.2. The van der Waals surface area contributed by atoms with Crippen molar-refractivity contribution in [2.24, 2.45) is 0 Å². The summed E-state index contributed by atoms with van der Waals surface area (Å²) >= 11 is 3.55. The lowest BCUT2D eigenvalue weighted by molar-refractivity contribution is -0.105. The summed E-state index contributed by atoms with van der Waals surface area (Å²) in [7, 11) is 0. The maximum atomic E-state index is 12.5. The van der Waals surface area contributed by atoms with Gasteiger partial charge in [0.1, 0.15) is 0 Å².